The summed E-state index contributed by atoms with van der Waals surface area (Å²) in [5, 5.41) is 1.95. The van der Waals surface area contributed by atoms with Crippen molar-refractivity contribution in [2.24, 2.45) is 0 Å². The fraction of sp³-hybridized carbons (Fsp3) is 0.167. The van der Waals surface area contributed by atoms with Gasteiger partial charge in [-0.2, -0.15) is 0 Å². The largest absolute Gasteiger partial charge is 0.495 e. The number of H-pyrrole nitrogens is 1. The Hall–Kier alpha value is -1.25. The predicted octanol–water partition coefficient (Wildman–Crippen LogP) is -1.04. The molecule has 1 N–H and O–H groups in total. The standard InChI is InChI=1S/C6H6N2O/c1-2-9-3-6-5(1)7-4-8-6/h1,3-4H,2H2,(H,7,8). The van der Waals surface area contributed by atoms with Crippen LogP contribution in [0.2, 0.25) is 0 Å². The van der Waals surface area contributed by atoms with Crippen LogP contribution in [0.4, 0.5) is 0 Å². The van der Waals surface area contributed by atoms with Gasteiger partial charge >= 0.3 is 0 Å². The minimum atomic E-state index is 0.637. The van der Waals surface area contributed by atoms with E-state index < -0.39 is 0 Å². The van der Waals surface area contributed by atoms with Crippen LogP contribution in [0.25, 0.3) is 12.3 Å². The van der Waals surface area contributed by atoms with Gasteiger partial charge in [0.1, 0.15) is 18.2 Å². The molecule has 46 valence electrons. The van der Waals surface area contributed by atoms with E-state index in [-0.39, 0.29) is 0 Å². The molecular weight excluding hydrogens is 116 g/mol. The number of hydrogen-bond donors (Lipinski definition) is 1. The lowest BCUT2D eigenvalue weighted by Crippen LogP contribution is -2.28. The Morgan fingerprint density at radius 3 is 3.56 bits per heavy atom. The Labute approximate surface area is 51.7 Å². The Kier molecular flexibility index (Phi) is 0.828. The van der Waals surface area contributed by atoms with Crippen LogP contribution < -0.4 is 10.7 Å². The fourth-order valence-electron chi connectivity index (χ4n) is 0.830. The van der Waals surface area contributed by atoms with Gasteiger partial charge in [-0.1, -0.05) is 0 Å². The van der Waals surface area contributed by atoms with Crippen molar-refractivity contribution in [1.82, 2.24) is 9.97 Å². The van der Waals surface area contributed by atoms with E-state index in [1.165, 1.54) is 0 Å². The van der Waals surface area contributed by atoms with Gasteiger partial charge in [-0.25, -0.2) is 4.98 Å². The summed E-state index contributed by atoms with van der Waals surface area (Å²) in [5.41, 5.74) is 0. The molecule has 0 fully saturated rings. The first kappa shape index (κ1) is 4.61. The zero-order valence-electron chi connectivity index (χ0n) is 4.79. The third-order valence-electron chi connectivity index (χ3n) is 1.27. The Morgan fingerprint density at radius 1 is 1.67 bits per heavy atom. The maximum atomic E-state index is 5.00. The van der Waals surface area contributed by atoms with Crippen LogP contribution in [0.5, 0.6) is 0 Å². The van der Waals surface area contributed by atoms with E-state index >= 15 is 0 Å². The lowest BCUT2D eigenvalue weighted by molar-refractivity contribution is 0.345. The van der Waals surface area contributed by atoms with Gasteiger partial charge < -0.3 is 9.72 Å². The molecule has 0 spiro atoms. The molecule has 0 aromatic carbocycles. The van der Waals surface area contributed by atoms with E-state index in [0.717, 1.165) is 10.7 Å². The van der Waals surface area contributed by atoms with E-state index in [2.05, 4.69) is 9.97 Å². The first-order valence-corrected chi connectivity index (χ1v) is 2.78. The molecule has 1 aromatic heterocycles. The maximum Gasteiger partial charge on any atom is 0.109 e. The number of hydrogen-bond acceptors (Lipinski definition) is 2. The second kappa shape index (κ2) is 1.62. The molecule has 0 radical (unpaired) electrons. The summed E-state index contributed by atoms with van der Waals surface area (Å²) >= 11 is 0. The summed E-state index contributed by atoms with van der Waals surface area (Å²) in [6.07, 6.45) is 5.28. The molecule has 0 aliphatic carbocycles. The van der Waals surface area contributed by atoms with Gasteiger partial charge in [0, 0.05) is 0 Å². The van der Waals surface area contributed by atoms with Crippen molar-refractivity contribution in [2.45, 2.75) is 0 Å². The average Bonchev–Trinajstić information content (AvgIpc) is 2.33. The van der Waals surface area contributed by atoms with Crippen LogP contribution in [0.1, 0.15) is 0 Å². The maximum absolute atomic E-state index is 5.00. The zero-order chi connectivity index (χ0) is 6.10. The molecule has 0 amide bonds. The van der Waals surface area contributed by atoms with E-state index in [4.69, 9.17) is 4.74 Å². The van der Waals surface area contributed by atoms with Gasteiger partial charge in [-0.05, 0) is 6.08 Å². The van der Waals surface area contributed by atoms with Crippen molar-refractivity contribution in [3.63, 3.8) is 0 Å². The highest BCUT2D eigenvalue weighted by Crippen LogP contribution is 1.78. The summed E-state index contributed by atoms with van der Waals surface area (Å²) in [7, 11) is 0. The van der Waals surface area contributed by atoms with E-state index in [1.807, 2.05) is 6.08 Å². The van der Waals surface area contributed by atoms with Crippen molar-refractivity contribution in [3.8, 4) is 0 Å². The third-order valence-corrected chi connectivity index (χ3v) is 1.27. The van der Waals surface area contributed by atoms with Crippen LogP contribution in [0, 0.1) is 0 Å². The molecule has 0 saturated carbocycles. The predicted molar refractivity (Wildman–Crippen MR) is 32.7 cm³/mol. The van der Waals surface area contributed by atoms with Gasteiger partial charge in [-0.15, -0.1) is 0 Å². The molecule has 9 heavy (non-hydrogen) atoms. The molecule has 0 unspecified atom stereocenters. The molecule has 3 heteroatoms. The first-order chi connectivity index (χ1) is 4.47. The molecular formula is C6H6N2O. The third kappa shape index (κ3) is 0.614. The summed E-state index contributed by atoms with van der Waals surface area (Å²) in [6, 6.07) is 0. The average molecular weight is 122 g/mol. The van der Waals surface area contributed by atoms with Crippen molar-refractivity contribution in [3.05, 3.63) is 17.0 Å². The summed E-state index contributed by atoms with van der Waals surface area (Å²) < 4.78 is 5.00. The SMILES string of the molecule is C1=c2nc[nH]c2=COC1. The van der Waals surface area contributed by atoms with Gasteiger partial charge in [0.05, 0.1) is 11.7 Å². The van der Waals surface area contributed by atoms with Gasteiger partial charge in [0.2, 0.25) is 0 Å². The van der Waals surface area contributed by atoms with Gasteiger partial charge in [0.15, 0.2) is 0 Å². The Balaban J connectivity index is 2.89. The summed E-state index contributed by atoms with van der Waals surface area (Å²) in [5.74, 6) is 0. The quantitative estimate of drug-likeness (QED) is 0.477. The number of imidazole rings is 1. The van der Waals surface area contributed by atoms with Crippen molar-refractivity contribution >= 4 is 12.3 Å². The fourth-order valence-corrected chi connectivity index (χ4v) is 0.830. The van der Waals surface area contributed by atoms with Gasteiger partial charge in [-0.3, -0.25) is 0 Å². The Bertz CT molecular complexity index is 282. The highest BCUT2D eigenvalue weighted by atomic mass is 16.5. The van der Waals surface area contributed by atoms with Crippen molar-refractivity contribution < 1.29 is 4.74 Å². The Morgan fingerprint density at radius 2 is 2.67 bits per heavy atom. The van der Waals surface area contributed by atoms with E-state index in [1.54, 1.807) is 12.6 Å². The number of nitrogens with one attached hydrogen (secondary N) is 1. The highest BCUT2D eigenvalue weighted by Gasteiger charge is 1.91. The number of aromatic amines is 1. The molecule has 1 aliphatic rings. The lowest BCUT2D eigenvalue weighted by atomic mass is 10.5. The minimum absolute atomic E-state index is 0.637. The second-order valence-corrected chi connectivity index (χ2v) is 1.86. The molecule has 0 saturated heterocycles. The molecule has 0 atom stereocenters. The van der Waals surface area contributed by atoms with Crippen LogP contribution in [-0.2, 0) is 4.74 Å². The lowest BCUT2D eigenvalue weighted by Gasteiger charge is -1.95. The number of ether oxygens (including phenoxy) is 1. The van der Waals surface area contributed by atoms with Crippen molar-refractivity contribution in [1.29, 1.82) is 0 Å². The highest BCUT2D eigenvalue weighted by molar-refractivity contribution is 5.27. The van der Waals surface area contributed by atoms with E-state index in [9.17, 15) is 0 Å². The smallest absolute Gasteiger partial charge is 0.109 e. The monoisotopic (exact) mass is 122 g/mol. The van der Waals surface area contributed by atoms with Crippen LogP contribution in [-0.4, -0.2) is 16.6 Å². The number of nitrogens with zero attached hydrogens (tertiary/aromatic N) is 1. The second-order valence-electron chi connectivity index (χ2n) is 1.86. The van der Waals surface area contributed by atoms with Crippen LogP contribution in [0.15, 0.2) is 6.33 Å². The number of aromatic nitrogens is 2. The van der Waals surface area contributed by atoms with Crippen molar-refractivity contribution in [2.75, 3.05) is 6.61 Å². The topological polar surface area (TPSA) is 37.9 Å². The van der Waals surface area contributed by atoms with E-state index in [0.29, 0.717) is 6.61 Å². The minimum Gasteiger partial charge on any atom is -0.495 e. The van der Waals surface area contributed by atoms with Crippen LogP contribution >= 0.6 is 0 Å². The zero-order valence-corrected chi connectivity index (χ0v) is 4.79. The molecule has 3 nitrogen and oxygen atoms in total. The first-order valence-electron chi connectivity index (χ1n) is 2.78. The van der Waals surface area contributed by atoms with Crippen LogP contribution in [0.3, 0.4) is 0 Å². The van der Waals surface area contributed by atoms with Gasteiger partial charge in [0.25, 0.3) is 0 Å². The molecule has 2 rings (SSSR count). The molecule has 1 aromatic rings. The molecule has 1 aliphatic heterocycles. The summed E-state index contributed by atoms with van der Waals surface area (Å²) in [6.45, 7) is 0.637. The molecule has 2 heterocycles. The normalized spacial score (nSPS) is 14.7. The molecule has 0 bridgehead atoms. The number of rotatable bonds is 0. The number of fused-ring (bicyclic) bond motifs is 1. The summed E-state index contributed by atoms with van der Waals surface area (Å²) in [4.78, 5) is 6.97.